The van der Waals surface area contributed by atoms with E-state index in [1.165, 1.54) is 7.11 Å². The number of anilines is 1. The highest BCUT2D eigenvalue weighted by molar-refractivity contribution is 6.31. The van der Waals surface area contributed by atoms with Gasteiger partial charge in [0.1, 0.15) is 23.8 Å². The minimum atomic E-state index is -0.139. The van der Waals surface area contributed by atoms with E-state index in [-0.39, 0.29) is 5.78 Å². The minimum absolute atomic E-state index is 0.139. The van der Waals surface area contributed by atoms with Gasteiger partial charge in [0.2, 0.25) is 5.78 Å². The second-order valence-electron chi connectivity index (χ2n) is 6.92. The number of carbonyl (C=O) groups excluding carboxylic acids is 1. The summed E-state index contributed by atoms with van der Waals surface area (Å²) in [4.78, 5) is 13.4. The van der Waals surface area contributed by atoms with Crippen LogP contribution in [-0.2, 0) is 6.61 Å². The van der Waals surface area contributed by atoms with Crippen LogP contribution in [0, 0.1) is 6.92 Å². The van der Waals surface area contributed by atoms with Gasteiger partial charge >= 0.3 is 0 Å². The van der Waals surface area contributed by atoms with E-state index in [1.807, 2.05) is 60.0 Å². The summed E-state index contributed by atoms with van der Waals surface area (Å²) >= 11 is 6.26. The number of nitrogens with zero attached hydrogens (tertiary/aromatic N) is 1. The van der Waals surface area contributed by atoms with E-state index >= 15 is 0 Å². The lowest BCUT2D eigenvalue weighted by molar-refractivity contribution is 0.103. The van der Waals surface area contributed by atoms with Crippen molar-refractivity contribution < 1.29 is 14.3 Å². The van der Waals surface area contributed by atoms with Crippen LogP contribution in [0.25, 0.3) is 5.52 Å². The molecule has 4 aromatic rings. The summed E-state index contributed by atoms with van der Waals surface area (Å²) < 4.78 is 13.3. The Kier molecular flexibility index (Phi) is 5.38. The zero-order chi connectivity index (χ0) is 21.3. The molecule has 5 nitrogen and oxygen atoms in total. The molecule has 0 saturated heterocycles. The third-order valence-electron chi connectivity index (χ3n) is 5.07. The van der Waals surface area contributed by atoms with Crippen LogP contribution in [0.5, 0.6) is 11.5 Å². The quantitative estimate of drug-likeness (QED) is 0.339. The largest absolute Gasteiger partial charge is 0.495 e. The molecule has 0 bridgehead atoms. The van der Waals surface area contributed by atoms with Crippen molar-refractivity contribution in [3.63, 3.8) is 0 Å². The van der Waals surface area contributed by atoms with Gasteiger partial charge in [0.15, 0.2) is 0 Å². The summed E-state index contributed by atoms with van der Waals surface area (Å²) in [5.74, 6) is 0.982. The second kappa shape index (κ2) is 8.13. The molecular formula is C24H21ClN2O3. The molecule has 0 amide bonds. The van der Waals surface area contributed by atoms with Gasteiger partial charge < -0.3 is 19.6 Å². The minimum Gasteiger partial charge on any atom is -0.495 e. The molecule has 0 radical (unpaired) electrons. The molecule has 4 rings (SSSR count). The average Bonchev–Trinajstić information content (AvgIpc) is 3.04. The Balaban J connectivity index is 1.77. The van der Waals surface area contributed by atoms with E-state index in [4.69, 9.17) is 26.8 Å². The van der Waals surface area contributed by atoms with Crippen molar-refractivity contribution in [2.24, 2.45) is 0 Å². The number of ketones is 1. The standard InChI is InChI=1S/C24H21ClN2O3/c1-15-22(23(28)16-10-11-19(26)21(13-16)29-2)27-12-6-5-9-20(27)24(15)30-14-17-7-3-4-8-18(17)25/h3-13H,14,26H2,1-2H3. The van der Waals surface area contributed by atoms with Crippen molar-refractivity contribution in [3.8, 4) is 11.5 Å². The van der Waals surface area contributed by atoms with Crippen LogP contribution in [0.1, 0.15) is 27.2 Å². The van der Waals surface area contributed by atoms with Gasteiger partial charge in [-0.2, -0.15) is 0 Å². The van der Waals surface area contributed by atoms with Gasteiger partial charge in [-0.05, 0) is 43.3 Å². The number of methoxy groups -OCH3 is 1. The number of ether oxygens (including phenoxy) is 2. The molecule has 0 aliphatic heterocycles. The Bertz CT molecular complexity index is 1250. The first-order valence-electron chi connectivity index (χ1n) is 9.45. The van der Waals surface area contributed by atoms with Gasteiger partial charge in [-0.25, -0.2) is 0 Å². The fourth-order valence-electron chi connectivity index (χ4n) is 3.52. The molecule has 0 saturated carbocycles. The maximum atomic E-state index is 13.4. The Morgan fingerprint density at radius 2 is 1.87 bits per heavy atom. The van der Waals surface area contributed by atoms with Crippen molar-refractivity contribution in [2.75, 3.05) is 12.8 Å². The van der Waals surface area contributed by atoms with E-state index in [0.29, 0.717) is 40.1 Å². The first kappa shape index (κ1) is 19.9. The monoisotopic (exact) mass is 420 g/mol. The average molecular weight is 421 g/mol. The number of halogens is 1. The lowest BCUT2D eigenvalue weighted by atomic mass is 10.0. The molecule has 6 heteroatoms. The third kappa shape index (κ3) is 3.48. The van der Waals surface area contributed by atoms with Crippen LogP contribution in [0.15, 0.2) is 66.9 Å². The van der Waals surface area contributed by atoms with Gasteiger partial charge in [-0.3, -0.25) is 4.79 Å². The number of hydrogen-bond acceptors (Lipinski definition) is 4. The number of carbonyl (C=O) groups is 1. The van der Waals surface area contributed by atoms with Gasteiger partial charge in [-0.1, -0.05) is 35.9 Å². The number of rotatable bonds is 6. The highest BCUT2D eigenvalue weighted by Gasteiger charge is 2.23. The van der Waals surface area contributed by atoms with Crippen LogP contribution >= 0.6 is 11.6 Å². The molecule has 0 spiro atoms. The maximum absolute atomic E-state index is 13.4. The predicted octanol–water partition coefficient (Wildman–Crippen LogP) is 5.30. The van der Waals surface area contributed by atoms with Gasteiger partial charge in [-0.15, -0.1) is 0 Å². The Morgan fingerprint density at radius 3 is 2.63 bits per heavy atom. The molecule has 2 aromatic heterocycles. The van der Waals surface area contributed by atoms with Crippen LogP contribution < -0.4 is 15.2 Å². The van der Waals surface area contributed by atoms with Crippen molar-refractivity contribution in [3.05, 3.63) is 94.3 Å². The molecule has 2 heterocycles. The number of hydrogen-bond donors (Lipinski definition) is 1. The SMILES string of the molecule is COc1cc(C(=O)c2c(C)c(OCc3ccccc3Cl)c3ccccn23)ccc1N. The predicted molar refractivity (Wildman–Crippen MR) is 119 cm³/mol. The number of pyridine rings is 1. The Hall–Kier alpha value is -3.44. The molecule has 2 aromatic carbocycles. The molecular weight excluding hydrogens is 400 g/mol. The van der Waals surface area contributed by atoms with E-state index in [0.717, 1.165) is 16.6 Å². The molecule has 30 heavy (non-hydrogen) atoms. The topological polar surface area (TPSA) is 66.0 Å². The van der Waals surface area contributed by atoms with Crippen LogP contribution in [0.4, 0.5) is 5.69 Å². The summed E-state index contributed by atoms with van der Waals surface area (Å²) in [5, 5.41) is 0.643. The van der Waals surface area contributed by atoms with Gasteiger partial charge in [0.25, 0.3) is 0 Å². The summed E-state index contributed by atoms with van der Waals surface area (Å²) in [6, 6.07) is 18.3. The summed E-state index contributed by atoms with van der Waals surface area (Å²) in [5.41, 5.74) is 9.85. The first-order chi connectivity index (χ1) is 14.5. The van der Waals surface area contributed by atoms with E-state index in [9.17, 15) is 4.79 Å². The van der Waals surface area contributed by atoms with Crippen LogP contribution in [0.3, 0.4) is 0 Å². The fourth-order valence-corrected chi connectivity index (χ4v) is 3.71. The van der Waals surface area contributed by atoms with Gasteiger partial charge in [0, 0.05) is 27.9 Å². The molecule has 0 aliphatic rings. The number of benzene rings is 2. The third-order valence-corrected chi connectivity index (χ3v) is 5.44. The van der Waals surface area contributed by atoms with E-state index < -0.39 is 0 Å². The zero-order valence-corrected chi connectivity index (χ0v) is 17.4. The lowest BCUT2D eigenvalue weighted by Crippen LogP contribution is -2.07. The van der Waals surface area contributed by atoms with Crippen LogP contribution in [0.2, 0.25) is 5.02 Å². The number of aromatic nitrogens is 1. The molecule has 0 aliphatic carbocycles. The number of fused-ring (bicyclic) bond motifs is 1. The fraction of sp³-hybridized carbons (Fsp3) is 0.125. The zero-order valence-electron chi connectivity index (χ0n) is 16.7. The van der Waals surface area contributed by atoms with Crippen molar-refractivity contribution >= 4 is 28.6 Å². The molecule has 0 atom stereocenters. The first-order valence-corrected chi connectivity index (χ1v) is 9.83. The van der Waals surface area contributed by atoms with Crippen LogP contribution in [-0.4, -0.2) is 17.3 Å². The van der Waals surface area contributed by atoms with E-state index in [2.05, 4.69) is 0 Å². The normalized spacial score (nSPS) is 10.9. The molecule has 2 N–H and O–H groups in total. The van der Waals surface area contributed by atoms with Crippen molar-refractivity contribution in [1.82, 2.24) is 4.40 Å². The second-order valence-corrected chi connectivity index (χ2v) is 7.33. The summed E-state index contributed by atoms with van der Waals surface area (Å²) in [6.45, 7) is 2.19. The maximum Gasteiger partial charge on any atom is 0.210 e. The molecule has 0 fully saturated rings. The highest BCUT2D eigenvalue weighted by atomic mass is 35.5. The van der Waals surface area contributed by atoms with Crippen molar-refractivity contribution in [1.29, 1.82) is 0 Å². The molecule has 0 unspecified atom stereocenters. The highest BCUT2D eigenvalue weighted by Crippen LogP contribution is 2.34. The Labute approximate surface area is 179 Å². The van der Waals surface area contributed by atoms with Crippen molar-refractivity contribution in [2.45, 2.75) is 13.5 Å². The lowest BCUT2D eigenvalue weighted by Gasteiger charge is -2.09. The summed E-state index contributed by atoms with van der Waals surface area (Å²) in [6.07, 6.45) is 1.85. The number of nitrogen functional groups attached to an aromatic ring is 1. The van der Waals surface area contributed by atoms with E-state index in [1.54, 1.807) is 18.2 Å². The molecule has 152 valence electrons. The Morgan fingerprint density at radius 1 is 1.10 bits per heavy atom. The van der Waals surface area contributed by atoms with Gasteiger partial charge in [0.05, 0.1) is 18.3 Å². The summed E-state index contributed by atoms with van der Waals surface area (Å²) in [7, 11) is 1.53. The smallest absolute Gasteiger partial charge is 0.210 e. The number of nitrogens with two attached hydrogens (primary N) is 1.